The monoisotopic (exact) mass is 270 g/mol. The van der Waals surface area contributed by atoms with Crippen molar-refractivity contribution in [2.45, 2.75) is 49.8 Å². The van der Waals surface area contributed by atoms with Gasteiger partial charge in [-0.15, -0.1) is 11.3 Å². The first-order valence-corrected chi connectivity index (χ1v) is 8.47. The number of thioether (sulfide) groups is 1. The van der Waals surface area contributed by atoms with Crippen molar-refractivity contribution < 1.29 is 0 Å². The van der Waals surface area contributed by atoms with Crippen molar-refractivity contribution in [2.24, 2.45) is 0 Å². The number of rotatable bonds is 6. The molecular weight excluding hydrogens is 248 g/mol. The summed E-state index contributed by atoms with van der Waals surface area (Å²) in [5.41, 5.74) is 1.93. The van der Waals surface area contributed by atoms with Crippen LogP contribution in [0.2, 0.25) is 0 Å². The summed E-state index contributed by atoms with van der Waals surface area (Å²) >= 11 is 3.94. The van der Waals surface area contributed by atoms with E-state index in [-0.39, 0.29) is 0 Å². The van der Waals surface area contributed by atoms with Gasteiger partial charge in [0.1, 0.15) is 0 Å². The van der Waals surface area contributed by atoms with Crippen LogP contribution in [-0.2, 0) is 6.42 Å². The Labute approximate surface area is 113 Å². The molecule has 1 atom stereocenters. The molecule has 0 saturated heterocycles. The van der Waals surface area contributed by atoms with Gasteiger partial charge >= 0.3 is 0 Å². The van der Waals surface area contributed by atoms with E-state index in [9.17, 15) is 0 Å². The number of nitrogens with zero attached hydrogens (tertiary/aromatic N) is 1. The lowest BCUT2D eigenvalue weighted by Crippen LogP contribution is -2.30. The Balaban J connectivity index is 1.71. The standard InChI is InChI=1S/C13H22N2S2/c1-14-11(7-13-8-15-10-17-13)9-16-12-5-3-2-4-6-12/h8,10-12,14H,2-7,9H2,1H3. The van der Waals surface area contributed by atoms with Gasteiger partial charge < -0.3 is 5.32 Å². The van der Waals surface area contributed by atoms with Crippen LogP contribution >= 0.6 is 23.1 Å². The van der Waals surface area contributed by atoms with Crippen LogP contribution in [-0.4, -0.2) is 29.1 Å². The van der Waals surface area contributed by atoms with E-state index < -0.39 is 0 Å². The molecule has 2 nitrogen and oxygen atoms in total. The lowest BCUT2D eigenvalue weighted by atomic mass is 10.0. The Bertz CT molecular complexity index is 294. The predicted molar refractivity (Wildman–Crippen MR) is 78.0 cm³/mol. The summed E-state index contributed by atoms with van der Waals surface area (Å²) in [6.07, 6.45) is 10.3. The van der Waals surface area contributed by atoms with Crippen LogP contribution in [0.3, 0.4) is 0 Å². The molecule has 0 radical (unpaired) electrons. The second-order valence-corrected chi connectivity index (χ2v) is 7.06. The molecule has 1 heterocycles. The van der Waals surface area contributed by atoms with Crippen molar-refractivity contribution in [3.8, 4) is 0 Å². The Morgan fingerprint density at radius 1 is 1.47 bits per heavy atom. The number of thiazole rings is 1. The third kappa shape index (κ3) is 4.60. The molecule has 0 spiro atoms. The van der Waals surface area contributed by atoms with Gasteiger partial charge in [-0.05, 0) is 26.3 Å². The maximum absolute atomic E-state index is 4.14. The molecule has 0 aromatic carbocycles. The second kappa shape index (κ2) is 7.39. The second-order valence-electron chi connectivity index (χ2n) is 4.75. The Morgan fingerprint density at radius 3 is 2.94 bits per heavy atom. The van der Waals surface area contributed by atoms with E-state index in [0.29, 0.717) is 6.04 Å². The maximum atomic E-state index is 4.14. The van der Waals surface area contributed by atoms with E-state index in [0.717, 1.165) is 11.7 Å². The summed E-state index contributed by atoms with van der Waals surface area (Å²) in [6.45, 7) is 0. The Kier molecular flexibility index (Phi) is 5.81. The molecule has 1 aromatic rings. The zero-order valence-corrected chi connectivity index (χ0v) is 12.2. The molecule has 0 aliphatic heterocycles. The van der Waals surface area contributed by atoms with Gasteiger partial charge in [0, 0.05) is 28.1 Å². The SMILES string of the molecule is CNC(CSC1CCCCC1)Cc1cncs1. The zero-order chi connectivity index (χ0) is 11.9. The topological polar surface area (TPSA) is 24.9 Å². The van der Waals surface area contributed by atoms with Gasteiger partial charge in [-0.25, -0.2) is 0 Å². The third-order valence-corrected chi connectivity index (χ3v) is 5.76. The van der Waals surface area contributed by atoms with Crippen LogP contribution in [0.15, 0.2) is 11.7 Å². The summed E-state index contributed by atoms with van der Waals surface area (Å²) in [5, 5.41) is 4.36. The number of nitrogens with one attached hydrogen (secondary N) is 1. The van der Waals surface area contributed by atoms with Crippen molar-refractivity contribution in [3.63, 3.8) is 0 Å². The molecule has 1 unspecified atom stereocenters. The first-order valence-electron chi connectivity index (χ1n) is 6.54. The van der Waals surface area contributed by atoms with E-state index >= 15 is 0 Å². The van der Waals surface area contributed by atoms with Gasteiger partial charge in [0.15, 0.2) is 0 Å². The zero-order valence-electron chi connectivity index (χ0n) is 10.5. The van der Waals surface area contributed by atoms with E-state index in [2.05, 4.69) is 29.1 Å². The third-order valence-electron chi connectivity index (χ3n) is 3.42. The molecule has 2 rings (SSSR count). The van der Waals surface area contributed by atoms with E-state index in [1.165, 1.54) is 42.7 Å². The van der Waals surface area contributed by atoms with Crippen molar-refractivity contribution in [2.75, 3.05) is 12.8 Å². The van der Waals surface area contributed by atoms with Crippen LogP contribution in [0.25, 0.3) is 0 Å². The van der Waals surface area contributed by atoms with Gasteiger partial charge in [0.05, 0.1) is 5.51 Å². The summed E-state index contributed by atoms with van der Waals surface area (Å²) in [6, 6.07) is 0.599. The Hall–Kier alpha value is -0.0600. The predicted octanol–water partition coefficient (Wildman–Crippen LogP) is 3.34. The van der Waals surface area contributed by atoms with Gasteiger partial charge in [-0.2, -0.15) is 11.8 Å². The molecule has 1 N–H and O–H groups in total. The molecule has 17 heavy (non-hydrogen) atoms. The van der Waals surface area contributed by atoms with E-state index in [1.54, 1.807) is 11.3 Å². The number of hydrogen-bond acceptors (Lipinski definition) is 4. The highest BCUT2D eigenvalue weighted by atomic mass is 32.2. The first-order chi connectivity index (χ1) is 8.38. The summed E-state index contributed by atoms with van der Waals surface area (Å²) in [7, 11) is 2.08. The molecule has 1 saturated carbocycles. The highest BCUT2D eigenvalue weighted by molar-refractivity contribution is 7.99. The van der Waals surface area contributed by atoms with Gasteiger partial charge in [-0.3, -0.25) is 4.98 Å². The molecular formula is C13H22N2S2. The van der Waals surface area contributed by atoms with E-state index in [4.69, 9.17) is 0 Å². The summed E-state index contributed by atoms with van der Waals surface area (Å²) in [4.78, 5) is 5.54. The molecule has 0 amide bonds. The minimum atomic E-state index is 0.599. The average molecular weight is 270 g/mol. The molecule has 1 aliphatic carbocycles. The molecule has 4 heteroatoms. The van der Waals surface area contributed by atoms with Crippen LogP contribution < -0.4 is 5.32 Å². The van der Waals surface area contributed by atoms with Crippen LogP contribution in [0.4, 0.5) is 0 Å². The maximum Gasteiger partial charge on any atom is 0.0794 e. The smallest absolute Gasteiger partial charge is 0.0794 e. The van der Waals surface area contributed by atoms with Crippen molar-refractivity contribution >= 4 is 23.1 Å². The van der Waals surface area contributed by atoms with Gasteiger partial charge in [0.2, 0.25) is 0 Å². The van der Waals surface area contributed by atoms with Crippen LogP contribution in [0.5, 0.6) is 0 Å². The fourth-order valence-corrected chi connectivity index (χ4v) is 4.45. The average Bonchev–Trinajstić information content (AvgIpc) is 2.88. The molecule has 1 aromatic heterocycles. The van der Waals surface area contributed by atoms with Gasteiger partial charge in [-0.1, -0.05) is 19.3 Å². The lowest BCUT2D eigenvalue weighted by molar-refractivity contribution is 0.514. The van der Waals surface area contributed by atoms with Crippen LogP contribution in [0.1, 0.15) is 37.0 Å². The fraction of sp³-hybridized carbons (Fsp3) is 0.769. The van der Waals surface area contributed by atoms with Gasteiger partial charge in [0.25, 0.3) is 0 Å². The summed E-state index contributed by atoms with van der Waals surface area (Å²) < 4.78 is 0. The van der Waals surface area contributed by atoms with Crippen molar-refractivity contribution in [1.82, 2.24) is 10.3 Å². The normalized spacial score (nSPS) is 19.4. The minimum Gasteiger partial charge on any atom is -0.316 e. The highest BCUT2D eigenvalue weighted by Crippen LogP contribution is 2.28. The highest BCUT2D eigenvalue weighted by Gasteiger charge is 2.16. The van der Waals surface area contributed by atoms with Crippen molar-refractivity contribution in [3.05, 3.63) is 16.6 Å². The number of hydrogen-bond donors (Lipinski definition) is 1. The Morgan fingerprint density at radius 2 is 2.29 bits per heavy atom. The largest absolute Gasteiger partial charge is 0.316 e. The quantitative estimate of drug-likeness (QED) is 0.858. The molecule has 0 bridgehead atoms. The number of likely N-dealkylation sites (N-methyl/N-ethyl adjacent to an activating group) is 1. The lowest BCUT2D eigenvalue weighted by Gasteiger charge is -2.23. The minimum absolute atomic E-state index is 0.599. The molecule has 96 valence electrons. The summed E-state index contributed by atoms with van der Waals surface area (Å²) in [5.74, 6) is 1.24. The fourth-order valence-electron chi connectivity index (χ4n) is 2.31. The van der Waals surface area contributed by atoms with Crippen molar-refractivity contribution in [1.29, 1.82) is 0 Å². The number of aromatic nitrogens is 1. The van der Waals surface area contributed by atoms with Crippen LogP contribution in [0, 0.1) is 0 Å². The first kappa shape index (κ1) is 13.4. The molecule has 1 aliphatic rings. The van der Waals surface area contributed by atoms with E-state index in [1.807, 2.05) is 11.7 Å². The molecule has 1 fully saturated rings.